The van der Waals surface area contributed by atoms with Crippen molar-refractivity contribution in [2.75, 3.05) is 7.11 Å². The first-order valence-electron chi connectivity index (χ1n) is 7.66. The molecule has 2 aliphatic rings. The van der Waals surface area contributed by atoms with E-state index in [4.69, 9.17) is 4.74 Å². The first-order chi connectivity index (χ1) is 10.2. The molecule has 112 valence electrons. The molecule has 3 rings (SSSR count). The molecule has 0 aromatic heterocycles. The maximum absolute atomic E-state index is 12.1. The molecule has 4 nitrogen and oxygen atoms in total. The van der Waals surface area contributed by atoms with Gasteiger partial charge in [0, 0.05) is 17.2 Å². The van der Waals surface area contributed by atoms with Gasteiger partial charge in [0.1, 0.15) is 5.75 Å². The molecular formula is C17H22N2O2. The molecule has 2 aliphatic carbocycles. The van der Waals surface area contributed by atoms with Crippen LogP contribution in [0.5, 0.6) is 5.75 Å². The van der Waals surface area contributed by atoms with Gasteiger partial charge in [0.15, 0.2) is 0 Å². The van der Waals surface area contributed by atoms with Crippen molar-refractivity contribution in [3.05, 3.63) is 29.8 Å². The van der Waals surface area contributed by atoms with Crippen molar-refractivity contribution in [1.82, 2.24) is 5.43 Å². The minimum absolute atomic E-state index is 0.167. The van der Waals surface area contributed by atoms with E-state index in [0.29, 0.717) is 11.5 Å². The average Bonchev–Trinajstić information content (AvgIpc) is 3.15. The van der Waals surface area contributed by atoms with E-state index in [1.165, 1.54) is 25.7 Å². The number of nitrogens with one attached hydrogen (secondary N) is 1. The Kier molecular flexibility index (Phi) is 3.95. The number of hydrogen-bond acceptors (Lipinski definition) is 3. The summed E-state index contributed by atoms with van der Waals surface area (Å²) in [5.74, 6) is 2.83. The normalized spacial score (nSPS) is 27.7. The fraction of sp³-hybridized carbons (Fsp3) is 0.529. The topological polar surface area (TPSA) is 50.7 Å². The van der Waals surface area contributed by atoms with Gasteiger partial charge in [0.05, 0.1) is 7.11 Å². The van der Waals surface area contributed by atoms with Crippen molar-refractivity contribution in [3.63, 3.8) is 0 Å². The van der Waals surface area contributed by atoms with E-state index in [1.807, 2.05) is 6.92 Å². The SMILES string of the molecule is COc1ccc(C(=O)N/N=C(\C)C2CC3CCC2C3)cc1. The minimum Gasteiger partial charge on any atom is -0.497 e. The van der Waals surface area contributed by atoms with Gasteiger partial charge in [-0.25, -0.2) is 5.43 Å². The third-order valence-electron chi connectivity index (χ3n) is 4.96. The van der Waals surface area contributed by atoms with Gasteiger partial charge in [-0.05, 0) is 62.3 Å². The van der Waals surface area contributed by atoms with Crippen LogP contribution in [0.2, 0.25) is 0 Å². The van der Waals surface area contributed by atoms with E-state index < -0.39 is 0 Å². The van der Waals surface area contributed by atoms with Crippen molar-refractivity contribution in [2.24, 2.45) is 22.9 Å². The Morgan fingerprint density at radius 2 is 2.00 bits per heavy atom. The van der Waals surface area contributed by atoms with Gasteiger partial charge in [0.2, 0.25) is 0 Å². The maximum Gasteiger partial charge on any atom is 0.271 e. The van der Waals surface area contributed by atoms with Gasteiger partial charge in [-0.3, -0.25) is 4.79 Å². The lowest BCUT2D eigenvalue weighted by molar-refractivity contribution is 0.0954. The number of rotatable bonds is 4. The Morgan fingerprint density at radius 3 is 2.57 bits per heavy atom. The highest BCUT2D eigenvalue weighted by Crippen LogP contribution is 2.48. The van der Waals surface area contributed by atoms with Crippen molar-refractivity contribution >= 4 is 11.6 Å². The van der Waals surface area contributed by atoms with Gasteiger partial charge in [-0.2, -0.15) is 5.10 Å². The van der Waals surface area contributed by atoms with Crippen LogP contribution in [-0.2, 0) is 0 Å². The van der Waals surface area contributed by atoms with E-state index in [9.17, 15) is 4.79 Å². The van der Waals surface area contributed by atoms with Gasteiger partial charge >= 0.3 is 0 Å². The summed E-state index contributed by atoms with van der Waals surface area (Å²) in [6, 6.07) is 7.05. The predicted molar refractivity (Wildman–Crippen MR) is 82.5 cm³/mol. The zero-order chi connectivity index (χ0) is 14.8. The molecule has 3 unspecified atom stereocenters. The maximum atomic E-state index is 12.1. The number of hydrazone groups is 1. The van der Waals surface area contributed by atoms with Crippen LogP contribution in [0, 0.1) is 17.8 Å². The van der Waals surface area contributed by atoms with E-state index in [-0.39, 0.29) is 5.91 Å². The van der Waals surface area contributed by atoms with Crippen LogP contribution in [0.15, 0.2) is 29.4 Å². The quantitative estimate of drug-likeness (QED) is 0.682. The third kappa shape index (κ3) is 2.94. The standard InChI is InChI=1S/C17H22N2O2/c1-11(16-10-12-3-4-14(16)9-12)18-19-17(20)13-5-7-15(21-2)8-6-13/h5-8,12,14,16H,3-4,9-10H2,1-2H3,(H,19,20)/b18-11+. The molecule has 0 saturated heterocycles. The molecule has 1 aromatic carbocycles. The predicted octanol–water partition coefficient (Wildman–Crippen LogP) is 3.24. The molecule has 2 bridgehead atoms. The molecular weight excluding hydrogens is 264 g/mol. The largest absolute Gasteiger partial charge is 0.497 e. The molecule has 21 heavy (non-hydrogen) atoms. The number of amides is 1. The number of nitrogens with zero attached hydrogens (tertiary/aromatic N) is 1. The van der Waals surface area contributed by atoms with E-state index in [1.54, 1.807) is 31.4 Å². The second kappa shape index (κ2) is 5.88. The van der Waals surface area contributed by atoms with Crippen LogP contribution in [0.1, 0.15) is 43.0 Å². The fourth-order valence-electron chi connectivity index (χ4n) is 3.79. The molecule has 2 fully saturated rings. The smallest absolute Gasteiger partial charge is 0.271 e. The Balaban J connectivity index is 1.60. The van der Waals surface area contributed by atoms with E-state index in [0.717, 1.165) is 23.3 Å². The summed E-state index contributed by atoms with van der Waals surface area (Å²) in [7, 11) is 1.61. The van der Waals surface area contributed by atoms with Crippen LogP contribution >= 0.6 is 0 Å². The first kappa shape index (κ1) is 14.1. The Labute approximate surface area is 125 Å². The molecule has 1 N–H and O–H groups in total. The summed E-state index contributed by atoms with van der Waals surface area (Å²) in [6.45, 7) is 2.04. The molecule has 0 aliphatic heterocycles. The number of carbonyl (C=O) groups excluding carboxylic acids is 1. The van der Waals surface area contributed by atoms with Crippen molar-refractivity contribution in [1.29, 1.82) is 0 Å². The summed E-state index contributed by atoms with van der Waals surface area (Å²) < 4.78 is 5.08. The third-order valence-corrected chi connectivity index (χ3v) is 4.96. The Bertz CT molecular complexity index is 550. The van der Waals surface area contributed by atoms with E-state index >= 15 is 0 Å². The lowest BCUT2D eigenvalue weighted by Gasteiger charge is -2.21. The number of benzene rings is 1. The van der Waals surface area contributed by atoms with Crippen molar-refractivity contribution < 1.29 is 9.53 Å². The number of carbonyl (C=O) groups is 1. The highest BCUT2D eigenvalue weighted by Gasteiger charge is 2.40. The summed E-state index contributed by atoms with van der Waals surface area (Å²) in [5, 5.41) is 4.33. The highest BCUT2D eigenvalue weighted by atomic mass is 16.5. The minimum atomic E-state index is -0.167. The Hall–Kier alpha value is -1.84. The number of fused-ring (bicyclic) bond motifs is 2. The van der Waals surface area contributed by atoms with Crippen LogP contribution in [0.25, 0.3) is 0 Å². The van der Waals surface area contributed by atoms with Crippen LogP contribution in [0.3, 0.4) is 0 Å². The second-order valence-electron chi connectivity index (χ2n) is 6.20. The number of hydrogen-bond donors (Lipinski definition) is 1. The summed E-state index contributed by atoms with van der Waals surface area (Å²) in [6.07, 6.45) is 5.31. The van der Waals surface area contributed by atoms with Crippen LogP contribution in [0.4, 0.5) is 0 Å². The molecule has 3 atom stereocenters. The van der Waals surface area contributed by atoms with Crippen LogP contribution in [-0.4, -0.2) is 18.7 Å². The molecule has 0 heterocycles. The highest BCUT2D eigenvalue weighted by molar-refractivity contribution is 5.95. The van der Waals surface area contributed by atoms with Gasteiger partial charge < -0.3 is 4.74 Å². The molecule has 0 radical (unpaired) electrons. The monoisotopic (exact) mass is 286 g/mol. The first-order valence-corrected chi connectivity index (χ1v) is 7.66. The molecule has 2 saturated carbocycles. The van der Waals surface area contributed by atoms with Crippen molar-refractivity contribution in [2.45, 2.75) is 32.6 Å². The lowest BCUT2D eigenvalue weighted by Crippen LogP contribution is -2.24. The molecule has 1 aromatic rings. The van der Waals surface area contributed by atoms with Crippen molar-refractivity contribution in [3.8, 4) is 5.75 Å². The zero-order valence-electron chi connectivity index (χ0n) is 12.6. The summed E-state index contributed by atoms with van der Waals surface area (Å²) >= 11 is 0. The Morgan fingerprint density at radius 1 is 1.24 bits per heavy atom. The second-order valence-corrected chi connectivity index (χ2v) is 6.20. The number of methoxy groups -OCH3 is 1. The van der Waals surface area contributed by atoms with Gasteiger partial charge in [-0.15, -0.1) is 0 Å². The summed E-state index contributed by atoms with van der Waals surface area (Å²) in [4.78, 5) is 12.1. The molecule has 0 spiro atoms. The van der Waals surface area contributed by atoms with Gasteiger partial charge in [0.25, 0.3) is 5.91 Å². The fourth-order valence-corrected chi connectivity index (χ4v) is 3.79. The van der Waals surface area contributed by atoms with Gasteiger partial charge in [-0.1, -0.05) is 6.42 Å². The summed E-state index contributed by atoms with van der Waals surface area (Å²) in [5.41, 5.74) is 4.35. The number of ether oxygens (including phenoxy) is 1. The van der Waals surface area contributed by atoms with E-state index in [2.05, 4.69) is 10.5 Å². The molecule has 1 amide bonds. The van der Waals surface area contributed by atoms with Crippen LogP contribution < -0.4 is 10.2 Å². The lowest BCUT2D eigenvalue weighted by atomic mass is 9.86. The zero-order valence-corrected chi connectivity index (χ0v) is 12.6. The molecule has 4 heteroatoms. The average molecular weight is 286 g/mol.